The number of nitrogens with zero attached hydrogens (tertiary/aromatic N) is 1. The van der Waals surface area contributed by atoms with Crippen LogP contribution in [0.5, 0.6) is 0 Å². The van der Waals surface area contributed by atoms with Crippen molar-refractivity contribution < 1.29 is 9.53 Å². The molecule has 1 aromatic rings. The van der Waals surface area contributed by atoms with Crippen molar-refractivity contribution in [2.75, 3.05) is 12.8 Å². The molecule has 2 N–H and O–H groups in total. The molecule has 0 amide bonds. The van der Waals surface area contributed by atoms with Gasteiger partial charge in [0.1, 0.15) is 0 Å². The van der Waals surface area contributed by atoms with Gasteiger partial charge < -0.3 is 10.5 Å². The van der Waals surface area contributed by atoms with E-state index in [-0.39, 0.29) is 0 Å². The van der Waals surface area contributed by atoms with E-state index in [0.29, 0.717) is 21.8 Å². The predicted octanol–water partition coefficient (Wildman–Crippen LogP) is 1.89. The Kier molecular flexibility index (Phi) is 3.68. The topological polar surface area (TPSA) is 65.2 Å². The molecule has 0 bridgehead atoms. The highest BCUT2D eigenvalue weighted by molar-refractivity contribution is 6.33. The highest BCUT2D eigenvalue weighted by Gasteiger charge is 2.06. The normalized spacial score (nSPS) is 11.3. The van der Waals surface area contributed by atoms with E-state index in [1.807, 2.05) is 0 Å². The molecule has 4 nitrogen and oxygen atoms in total. The van der Waals surface area contributed by atoms with E-state index in [9.17, 15) is 4.79 Å². The summed E-state index contributed by atoms with van der Waals surface area (Å²) in [6, 6.07) is 0. The Bertz CT molecular complexity index is 416. The molecule has 0 aliphatic heterocycles. The summed E-state index contributed by atoms with van der Waals surface area (Å²) in [5.41, 5.74) is 7.14. The zero-order valence-corrected chi connectivity index (χ0v) is 9.21. The summed E-state index contributed by atoms with van der Waals surface area (Å²) < 4.78 is 4.55. The summed E-state index contributed by atoms with van der Waals surface area (Å²) in [6.45, 7) is 1.63. The van der Waals surface area contributed by atoms with Crippen LogP contribution in [0.2, 0.25) is 5.02 Å². The molecule has 1 aromatic heterocycles. The van der Waals surface area contributed by atoms with Crippen molar-refractivity contribution in [3.63, 3.8) is 0 Å². The van der Waals surface area contributed by atoms with Gasteiger partial charge >= 0.3 is 5.97 Å². The van der Waals surface area contributed by atoms with Crippen LogP contribution in [0.3, 0.4) is 0 Å². The first-order valence-electron chi connectivity index (χ1n) is 4.22. The zero-order valence-electron chi connectivity index (χ0n) is 8.45. The number of nitrogen functional groups attached to an aromatic ring is 1. The molecule has 0 saturated carbocycles. The standard InChI is InChI=1S/C10H11ClN2O2/c1-6(10(14)15-2)3-7-4-13-5-8(11)9(7)12/h3-5H,1-2H3,(H2,12,13)/b6-3+. The third kappa shape index (κ3) is 2.70. The van der Waals surface area contributed by atoms with Crippen LogP contribution < -0.4 is 5.73 Å². The lowest BCUT2D eigenvalue weighted by Gasteiger charge is -2.03. The Morgan fingerprint density at radius 1 is 1.60 bits per heavy atom. The number of nitrogens with two attached hydrogens (primary N) is 1. The first-order valence-corrected chi connectivity index (χ1v) is 4.59. The third-order valence-electron chi connectivity index (χ3n) is 1.85. The van der Waals surface area contributed by atoms with Gasteiger partial charge in [0.05, 0.1) is 17.8 Å². The minimum atomic E-state index is -0.408. The molecule has 0 unspecified atom stereocenters. The predicted molar refractivity (Wildman–Crippen MR) is 59.3 cm³/mol. The number of aromatic nitrogens is 1. The molecule has 0 saturated heterocycles. The second-order valence-corrected chi connectivity index (χ2v) is 3.35. The van der Waals surface area contributed by atoms with Crippen molar-refractivity contribution in [1.29, 1.82) is 0 Å². The third-order valence-corrected chi connectivity index (χ3v) is 2.15. The highest BCUT2D eigenvalue weighted by Crippen LogP contribution is 2.22. The number of esters is 1. The summed E-state index contributed by atoms with van der Waals surface area (Å²) in [5.74, 6) is -0.408. The second-order valence-electron chi connectivity index (χ2n) is 2.94. The maximum Gasteiger partial charge on any atom is 0.333 e. The summed E-state index contributed by atoms with van der Waals surface area (Å²) in [5, 5.41) is 0.362. The molecule has 1 heterocycles. The van der Waals surface area contributed by atoms with E-state index in [1.165, 1.54) is 19.5 Å². The van der Waals surface area contributed by atoms with E-state index in [1.54, 1.807) is 13.0 Å². The second kappa shape index (κ2) is 4.79. The van der Waals surface area contributed by atoms with Crippen molar-refractivity contribution in [1.82, 2.24) is 4.98 Å². The van der Waals surface area contributed by atoms with E-state index >= 15 is 0 Å². The molecule has 0 aliphatic carbocycles. The minimum absolute atomic E-state index is 0.362. The Labute approximate surface area is 92.7 Å². The fraction of sp³-hybridized carbons (Fsp3) is 0.200. The molecule has 1 rings (SSSR count). The lowest BCUT2D eigenvalue weighted by atomic mass is 10.1. The molecule has 0 radical (unpaired) electrons. The van der Waals surface area contributed by atoms with Crippen LogP contribution >= 0.6 is 11.6 Å². The lowest BCUT2D eigenvalue weighted by Crippen LogP contribution is -2.02. The van der Waals surface area contributed by atoms with Crippen LogP contribution in [0.25, 0.3) is 6.08 Å². The van der Waals surface area contributed by atoms with E-state index < -0.39 is 5.97 Å². The summed E-state index contributed by atoms with van der Waals surface area (Å²) in [6.07, 6.45) is 4.56. The van der Waals surface area contributed by atoms with Crippen molar-refractivity contribution in [3.05, 3.63) is 28.6 Å². The maximum absolute atomic E-state index is 11.1. The van der Waals surface area contributed by atoms with Crippen LogP contribution in [0.15, 0.2) is 18.0 Å². The van der Waals surface area contributed by atoms with Gasteiger partial charge in [0.2, 0.25) is 0 Å². The van der Waals surface area contributed by atoms with Gasteiger partial charge in [-0.15, -0.1) is 0 Å². The highest BCUT2D eigenvalue weighted by atomic mass is 35.5. The van der Waals surface area contributed by atoms with Crippen LogP contribution in [0.4, 0.5) is 5.69 Å². The SMILES string of the molecule is COC(=O)/C(C)=C/c1cncc(Cl)c1N. The number of halogens is 1. The van der Waals surface area contributed by atoms with Gasteiger partial charge in [0, 0.05) is 23.5 Å². The van der Waals surface area contributed by atoms with Gasteiger partial charge in [-0.1, -0.05) is 11.6 Å². The number of ether oxygens (including phenoxy) is 1. The molecule has 0 atom stereocenters. The van der Waals surface area contributed by atoms with Gasteiger partial charge in [-0.25, -0.2) is 4.79 Å². The van der Waals surface area contributed by atoms with E-state index in [2.05, 4.69) is 9.72 Å². The molecule has 5 heteroatoms. The van der Waals surface area contributed by atoms with Crippen molar-refractivity contribution in [2.45, 2.75) is 6.92 Å². The zero-order chi connectivity index (χ0) is 11.4. The summed E-state index contributed by atoms with van der Waals surface area (Å²) in [7, 11) is 1.32. The number of pyridine rings is 1. The monoisotopic (exact) mass is 226 g/mol. The first-order chi connectivity index (χ1) is 7.06. The van der Waals surface area contributed by atoms with Gasteiger partial charge in [0.25, 0.3) is 0 Å². The molecule has 0 aromatic carbocycles. The van der Waals surface area contributed by atoms with Crippen molar-refractivity contribution >= 4 is 29.3 Å². The average Bonchev–Trinajstić information content (AvgIpc) is 2.23. The van der Waals surface area contributed by atoms with Crippen LogP contribution in [-0.2, 0) is 9.53 Å². The van der Waals surface area contributed by atoms with Gasteiger partial charge in [-0.3, -0.25) is 4.98 Å². The Hall–Kier alpha value is -1.55. The quantitative estimate of drug-likeness (QED) is 0.618. The van der Waals surface area contributed by atoms with Gasteiger partial charge in [-0.2, -0.15) is 0 Å². The Balaban J connectivity index is 3.08. The Morgan fingerprint density at radius 3 is 2.87 bits per heavy atom. The fourth-order valence-electron chi connectivity index (χ4n) is 1.03. The first kappa shape index (κ1) is 11.5. The number of rotatable bonds is 2. The number of anilines is 1. The Morgan fingerprint density at radius 2 is 2.27 bits per heavy atom. The number of hydrogen-bond donors (Lipinski definition) is 1. The maximum atomic E-state index is 11.1. The molecular weight excluding hydrogens is 216 g/mol. The lowest BCUT2D eigenvalue weighted by molar-refractivity contribution is -0.135. The smallest absolute Gasteiger partial charge is 0.333 e. The number of methoxy groups -OCH3 is 1. The molecule has 0 aliphatic rings. The molecular formula is C10H11ClN2O2. The van der Waals surface area contributed by atoms with E-state index in [4.69, 9.17) is 17.3 Å². The van der Waals surface area contributed by atoms with E-state index in [0.717, 1.165) is 0 Å². The fourth-order valence-corrected chi connectivity index (χ4v) is 1.19. The molecule has 80 valence electrons. The molecule has 15 heavy (non-hydrogen) atoms. The van der Waals surface area contributed by atoms with Crippen LogP contribution in [0, 0.1) is 0 Å². The average molecular weight is 227 g/mol. The minimum Gasteiger partial charge on any atom is -0.466 e. The largest absolute Gasteiger partial charge is 0.466 e. The van der Waals surface area contributed by atoms with Crippen LogP contribution in [0.1, 0.15) is 12.5 Å². The number of carbonyl (C=O) groups excluding carboxylic acids is 1. The van der Waals surface area contributed by atoms with Gasteiger partial charge in [-0.05, 0) is 13.0 Å². The molecule has 0 fully saturated rings. The summed E-state index contributed by atoms with van der Waals surface area (Å²) in [4.78, 5) is 15.0. The number of carbonyl (C=O) groups is 1. The number of hydrogen-bond acceptors (Lipinski definition) is 4. The molecule has 0 spiro atoms. The van der Waals surface area contributed by atoms with Crippen molar-refractivity contribution in [2.24, 2.45) is 0 Å². The summed E-state index contributed by atoms with van der Waals surface area (Å²) >= 11 is 5.78. The van der Waals surface area contributed by atoms with Gasteiger partial charge in [0.15, 0.2) is 0 Å². The van der Waals surface area contributed by atoms with Crippen molar-refractivity contribution in [3.8, 4) is 0 Å². The van der Waals surface area contributed by atoms with Crippen LogP contribution in [-0.4, -0.2) is 18.1 Å².